The van der Waals surface area contributed by atoms with Gasteiger partial charge in [0.2, 0.25) is 5.91 Å². The Balaban J connectivity index is 2.35. The largest absolute Gasteiger partial charge is 0.330 e. The third-order valence-electron chi connectivity index (χ3n) is 2.57. The zero-order valence-electron chi connectivity index (χ0n) is 8.13. The van der Waals surface area contributed by atoms with E-state index in [-0.39, 0.29) is 17.9 Å². The van der Waals surface area contributed by atoms with Crippen LogP contribution in [0.25, 0.3) is 0 Å². The minimum Gasteiger partial charge on any atom is -0.330 e. The van der Waals surface area contributed by atoms with Gasteiger partial charge in [0.1, 0.15) is 0 Å². The molecule has 0 aromatic carbocycles. The van der Waals surface area contributed by atoms with Gasteiger partial charge in [0, 0.05) is 0 Å². The number of carbonyl (C=O) groups is 2. The second-order valence-electron chi connectivity index (χ2n) is 3.77. The number of rotatable bonds is 0. The van der Waals surface area contributed by atoms with Gasteiger partial charge in [-0.3, -0.25) is 10.1 Å². The Morgan fingerprint density at radius 2 is 2.00 bits per heavy atom. The number of urea groups is 1. The first-order chi connectivity index (χ1) is 6.58. The average Bonchev–Trinajstić information content (AvgIpc) is 2.07. The number of amides is 3. The number of hydrogen-bond acceptors (Lipinski definition) is 2. The lowest BCUT2D eigenvalue weighted by atomic mass is 9.85. The summed E-state index contributed by atoms with van der Waals surface area (Å²) in [5, 5.41) is 4.99. The molecule has 74 valence electrons. The number of nitrogens with one attached hydrogen (secondary N) is 2. The average molecular weight is 192 g/mol. The van der Waals surface area contributed by atoms with Crippen molar-refractivity contribution in [3.05, 3.63) is 23.3 Å². The molecular weight excluding hydrogens is 180 g/mol. The van der Waals surface area contributed by atoms with Crippen LogP contribution < -0.4 is 10.6 Å². The molecule has 2 rings (SSSR count). The van der Waals surface area contributed by atoms with Crippen LogP contribution in [0.1, 0.15) is 13.8 Å². The van der Waals surface area contributed by atoms with E-state index in [1.165, 1.54) is 0 Å². The molecule has 14 heavy (non-hydrogen) atoms. The molecule has 0 radical (unpaired) electrons. The Kier molecular flexibility index (Phi) is 1.91. The van der Waals surface area contributed by atoms with Crippen LogP contribution in [0, 0.1) is 5.92 Å². The summed E-state index contributed by atoms with van der Waals surface area (Å²) in [5.74, 6) is -0.469. The molecule has 2 aliphatic rings. The van der Waals surface area contributed by atoms with Crippen LogP contribution in [-0.4, -0.2) is 18.0 Å². The summed E-state index contributed by atoms with van der Waals surface area (Å²) in [6.45, 7) is 3.87. The van der Waals surface area contributed by atoms with E-state index >= 15 is 0 Å². The van der Waals surface area contributed by atoms with Gasteiger partial charge >= 0.3 is 6.03 Å². The van der Waals surface area contributed by atoms with Crippen molar-refractivity contribution in [3.8, 4) is 0 Å². The van der Waals surface area contributed by atoms with Crippen molar-refractivity contribution in [1.29, 1.82) is 0 Å². The molecule has 3 amide bonds. The van der Waals surface area contributed by atoms with Crippen molar-refractivity contribution in [2.45, 2.75) is 19.9 Å². The number of imide groups is 1. The Morgan fingerprint density at radius 1 is 1.29 bits per heavy atom. The molecule has 0 spiro atoms. The van der Waals surface area contributed by atoms with Crippen LogP contribution in [0.2, 0.25) is 0 Å². The van der Waals surface area contributed by atoms with Crippen LogP contribution in [0.5, 0.6) is 0 Å². The maximum Gasteiger partial charge on any atom is 0.321 e. The van der Waals surface area contributed by atoms with Crippen molar-refractivity contribution in [3.63, 3.8) is 0 Å². The predicted molar refractivity (Wildman–Crippen MR) is 51.5 cm³/mol. The molecule has 1 heterocycles. The molecule has 0 aromatic heterocycles. The second kappa shape index (κ2) is 2.97. The summed E-state index contributed by atoms with van der Waals surface area (Å²) in [6.07, 6.45) is 3.87. The normalized spacial score (nSPS) is 31.0. The minimum atomic E-state index is -0.406. The van der Waals surface area contributed by atoms with Gasteiger partial charge in [-0.2, -0.15) is 0 Å². The smallest absolute Gasteiger partial charge is 0.321 e. The molecule has 4 heteroatoms. The summed E-state index contributed by atoms with van der Waals surface area (Å²) in [7, 11) is 0. The number of allylic oxidation sites excluding steroid dienone is 2. The Bertz CT molecular complexity index is 368. The Morgan fingerprint density at radius 3 is 2.71 bits per heavy atom. The van der Waals surface area contributed by atoms with E-state index in [4.69, 9.17) is 0 Å². The summed E-state index contributed by atoms with van der Waals surface area (Å²) in [5.41, 5.74) is 2.09. The maximum atomic E-state index is 11.5. The van der Waals surface area contributed by atoms with Crippen molar-refractivity contribution >= 4 is 11.9 Å². The minimum absolute atomic E-state index is 0.167. The lowest BCUT2D eigenvalue weighted by Gasteiger charge is -2.33. The molecule has 1 aliphatic carbocycles. The predicted octanol–water partition coefficient (Wildman–Crippen LogP) is 0.717. The Hall–Kier alpha value is -1.58. The van der Waals surface area contributed by atoms with E-state index < -0.39 is 6.03 Å². The van der Waals surface area contributed by atoms with Crippen molar-refractivity contribution in [1.82, 2.24) is 10.6 Å². The van der Waals surface area contributed by atoms with Crippen molar-refractivity contribution < 1.29 is 9.59 Å². The number of carbonyl (C=O) groups excluding carboxylic acids is 2. The highest BCUT2D eigenvalue weighted by Crippen LogP contribution is 2.24. The lowest BCUT2D eigenvalue weighted by Crippen LogP contribution is -2.58. The monoisotopic (exact) mass is 192 g/mol. The van der Waals surface area contributed by atoms with Crippen LogP contribution in [-0.2, 0) is 4.79 Å². The third kappa shape index (κ3) is 1.32. The van der Waals surface area contributed by atoms with Gasteiger partial charge < -0.3 is 5.32 Å². The van der Waals surface area contributed by atoms with Crippen LogP contribution >= 0.6 is 0 Å². The van der Waals surface area contributed by atoms with E-state index in [1.807, 2.05) is 26.0 Å². The quantitative estimate of drug-likeness (QED) is 0.594. The van der Waals surface area contributed by atoms with Gasteiger partial charge in [0.25, 0.3) is 0 Å². The van der Waals surface area contributed by atoms with E-state index in [9.17, 15) is 9.59 Å². The SMILES string of the molecule is CC1=CC2C(=O)NC(=O)NC2C(C)=C1. The molecule has 4 nitrogen and oxygen atoms in total. The summed E-state index contributed by atoms with van der Waals surface area (Å²) < 4.78 is 0. The van der Waals surface area contributed by atoms with Crippen molar-refractivity contribution in [2.24, 2.45) is 5.92 Å². The fourth-order valence-electron chi connectivity index (χ4n) is 1.96. The summed E-state index contributed by atoms with van der Waals surface area (Å²) in [4.78, 5) is 22.6. The zero-order chi connectivity index (χ0) is 10.3. The van der Waals surface area contributed by atoms with Gasteiger partial charge in [-0.05, 0) is 19.4 Å². The lowest BCUT2D eigenvalue weighted by molar-refractivity contribution is -0.123. The molecule has 1 saturated heterocycles. The molecule has 2 atom stereocenters. The van der Waals surface area contributed by atoms with E-state index in [2.05, 4.69) is 10.6 Å². The van der Waals surface area contributed by atoms with Gasteiger partial charge in [-0.1, -0.05) is 17.7 Å². The molecular formula is C10H12N2O2. The fraction of sp³-hybridized carbons (Fsp3) is 0.400. The van der Waals surface area contributed by atoms with E-state index in [0.717, 1.165) is 11.1 Å². The fourth-order valence-corrected chi connectivity index (χ4v) is 1.96. The first kappa shape index (κ1) is 8.99. The molecule has 2 unspecified atom stereocenters. The summed E-state index contributed by atoms with van der Waals surface area (Å²) >= 11 is 0. The third-order valence-corrected chi connectivity index (χ3v) is 2.57. The number of fused-ring (bicyclic) bond motifs is 1. The van der Waals surface area contributed by atoms with Crippen LogP contribution in [0.4, 0.5) is 4.79 Å². The van der Waals surface area contributed by atoms with Crippen molar-refractivity contribution in [2.75, 3.05) is 0 Å². The van der Waals surface area contributed by atoms with E-state index in [1.54, 1.807) is 0 Å². The Labute approximate surface area is 82.1 Å². The van der Waals surface area contributed by atoms with Crippen LogP contribution in [0.3, 0.4) is 0 Å². The maximum absolute atomic E-state index is 11.5. The topological polar surface area (TPSA) is 58.2 Å². The van der Waals surface area contributed by atoms with Gasteiger partial charge in [0.15, 0.2) is 0 Å². The van der Waals surface area contributed by atoms with Gasteiger partial charge in [0.05, 0.1) is 12.0 Å². The molecule has 0 saturated carbocycles. The highest BCUT2D eigenvalue weighted by Gasteiger charge is 2.36. The zero-order valence-corrected chi connectivity index (χ0v) is 8.13. The number of hydrogen-bond donors (Lipinski definition) is 2. The second-order valence-corrected chi connectivity index (χ2v) is 3.77. The van der Waals surface area contributed by atoms with Crippen LogP contribution in [0.15, 0.2) is 23.3 Å². The standard InChI is InChI=1S/C10H12N2O2/c1-5-3-6(2)8-7(4-5)9(13)12-10(14)11-8/h3-4,7-8H,1-2H3,(H2,11,12,13,14). The molecule has 1 fully saturated rings. The first-order valence-corrected chi connectivity index (χ1v) is 4.56. The highest BCUT2D eigenvalue weighted by atomic mass is 16.2. The summed E-state index contributed by atoms with van der Waals surface area (Å²) in [6, 6.07) is -0.572. The highest BCUT2D eigenvalue weighted by molar-refractivity contribution is 6.00. The molecule has 2 N–H and O–H groups in total. The molecule has 0 aromatic rings. The molecule has 0 bridgehead atoms. The van der Waals surface area contributed by atoms with E-state index in [0.29, 0.717) is 0 Å². The first-order valence-electron chi connectivity index (χ1n) is 4.56. The molecule has 1 aliphatic heterocycles. The van der Waals surface area contributed by atoms with Gasteiger partial charge in [-0.25, -0.2) is 4.79 Å². The van der Waals surface area contributed by atoms with Gasteiger partial charge in [-0.15, -0.1) is 0 Å².